The summed E-state index contributed by atoms with van der Waals surface area (Å²) < 4.78 is 7.26. The number of ether oxygens (including phenoxy) is 1. The Morgan fingerprint density at radius 1 is 1.06 bits per heavy atom. The number of pyridine rings is 1. The summed E-state index contributed by atoms with van der Waals surface area (Å²) in [6, 6.07) is 21.2. The summed E-state index contributed by atoms with van der Waals surface area (Å²) in [4.78, 5) is 16.9. The fraction of sp³-hybridized carbons (Fsp3) is 0.167. The Kier molecular flexibility index (Phi) is 6.81. The second-order valence-electron chi connectivity index (χ2n) is 7.10. The Morgan fingerprint density at radius 3 is 2.59 bits per heavy atom. The minimum absolute atomic E-state index is 0.122. The second kappa shape index (κ2) is 10.1. The molecule has 0 aliphatic rings. The molecule has 0 aliphatic carbocycles. The van der Waals surface area contributed by atoms with Gasteiger partial charge in [-0.2, -0.15) is 0 Å². The average molecular weight is 446 g/mol. The van der Waals surface area contributed by atoms with Crippen molar-refractivity contribution in [2.45, 2.75) is 23.9 Å². The van der Waals surface area contributed by atoms with Crippen LogP contribution in [0.25, 0.3) is 11.4 Å². The van der Waals surface area contributed by atoms with Gasteiger partial charge in [-0.15, -0.1) is 10.2 Å². The van der Waals surface area contributed by atoms with Crippen molar-refractivity contribution in [1.29, 1.82) is 0 Å². The van der Waals surface area contributed by atoms with Crippen LogP contribution in [0, 0.1) is 0 Å². The summed E-state index contributed by atoms with van der Waals surface area (Å²) >= 11 is 1.37. The molecule has 2 heterocycles. The maximum atomic E-state index is 12.8. The number of benzene rings is 2. The number of anilines is 1. The molecule has 0 aliphatic heterocycles. The third-order valence-corrected chi connectivity index (χ3v) is 5.91. The molecule has 1 atom stereocenters. The van der Waals surface area contributed by atoms with E-state index < -0.39 is 0 Å². The molecule has 4 aromatic rings. The molecule has 1 N–H and O–H groups in total. The van der Waals surface area contributed by atoms with E-state index in [-0.39, 0.29) is 11.2 Å². The van der Waals surface area contributed by atoms with E-state index in [1.807, 2.05) is 60.0 Å². The molecule has 0 bridgehead atoms. The lowest BCUT2D eigenvalue weighted by Gasteiger charge is -2.14. The van der Waals surface area contributed by atoms with Crippen molar-refractivity contribution in [1.82, 2.24) is 19.7 Å². The zero-order chi connectivity index (χ0) is 22.3. The summed E-state index contributed by atoms with van der Waals surface area (Å²) in [6.45, 7) is 2.45. The van der Waals surface area contributed by atoms with Gasteiger partial charge in [0, 0.05) is 29.7 Å². The molecule has 0 radical (unpaired) electrons. The third kappa shape index (κ3) is 5.15. The van der Waals surface area contributed by atoms with Gasteiger partial charge in [0.15, 0.2) is 11.0 Å². The van der Waals surface area contributed by atoms with Crippen LogP contribution in [0.1, 0.15) is 12.5 Å². The van der Waals surface area contributed by atoms with Crippen LogP contribution >= 0.6 is 11.8 Å². The van der Waals surface area contributed by atoms with Gasteiger partial charge in [-0.3, -0.25) is 14.3 Å². The number of amides is 1. The van der Waals surface area contributed by atoms with Gasteiger partial charge in [0.2, 0.25) is 5.91 Å². The third-order valence-electron chi connectivity index (χ3n) is 4.83. The van der Waals surface area contributed by atoms with Crippen molar-refractivity contribution >= 4 is 23.4 Å². The van der Waals surface area contributed by atoms with Crippen LogP contribution in [-0.4, -0.2) is 38.0 Å². The maximum Gasteiger partial charge on any atom is 0.237 e. The lowest BCUT2D eigenvalue weighted by Crippen LogP contribution is -2.23. The van der Waals surface area contributed by atoms with Crippen LogP contribution in [0.4, 0.5) is 5.69 Å². The van der Waals surface area contributed by atoms with Crippen molar-refractivity contribution < 1.29 is 9.53 Å². The number of carbonyl (C=O) groups is 1. The molecule has 162 valence electrons. The molecule has 0 spiro atoms. The van der Waals surface area contributed by atoms with Crippen LogP contribution in [0.3, 0.4) is 0 Å². The lowest BCUT2D eigenvalue weighted by atomic mass is 10.2. The molecule has 2 aromatic carbocycles. The molecule has 2 aromatic heterocycles. The number of rotatable bonds is 8. The quantitative estimate of drug-likeness (QED) is 0.402. The predicted molar refractivity (Wildman–Crippen MR) is 126 cm³/mol. The smallest absolute Gasteiger partial charge is 0.237 e. The van der Waals surface area contributed by atoms with E-state index >= 15 is 0 Å². The number of thioether (sulfide) groups is 1. The highest BCUT2D eigenvalue weighted by atomic mass is 32.2. The van der Waals surface area contributed by atoms with Gasteiger partial charge in [-0.05, 0) is 36.8 Å². The number of hydrogen-bond donors (Lipinski definition) is 1. The Hall–Kier alpha value is -3.65. The number of methoxy groups -OCH3 is 1. The first kappa shape index (κ1) is 21.6. The zero-order valence-corrected chi connectivity index (χ0v) is 18.6. The lowest BCUT2D eigenvalue weighted by molar-refractivity contribution is -0.115. The number of aromatic nitrogens is 4. The van der Waals surface area contributed by atoms with E-state index in [2.05, 4.69) is 32.6 Å². The van der Waals surface area contributed by atoms with Gasteiger partial charge in [-0.25, -0.2) is 0 Å². The number of nitrogens with one attached hydrogen (secondary N) is 1. The fourth-order valence-electron chi connectivity index (χ4n) is 3.16. The van der Waals surface area contributed by atoms with E-state index in [0.717, 1.165) is 17.0 Å². The van der Waals surface area contributed by atoms with Crippen molar-refractivity contribution in [2.24, 2.45) is 0 Å². The van der Waals surface area contributed by atoms with E-state index in [9.17, 15) is 4.79 Å². The molecule has 0 saturated carbocycles. The topological polar surface area (TPSA) is 81.9 Å². The molecule has 0 saturated heterocycles. The highest BCUT2D eigenvalue weighted by molar-refractivity contribution is 8.00. The molecular weight excluding hydrogens is 422 g/mol. The first-order chi connectivity index (χ1) is 15.6. The first-order valence-corrected chi connectivity index (χ1v) is 11.0. The van der Waals surface area contributed by atoms with E-state index in [0.29, 0.717) is 23.1 Å². The normalized spacial score (nSPS) is 11.7. The first-order valence-electron chi connectivity index (χ1n) is 10.1. The molecule has 32 heavy (non-hydrogen) atoms. The molecule has 1 amide bonds. The predicted octanol–water partition coefficient (Wildman–Crippen LogP) is 4.52. The monoisotopic (exact) mass is 445 g/mol. The van der Waals surface area contributed by atoms with Crippen LogP contribution in [-0.2, 0) is 11.3 Å². The van der Waals surface area contributed by atoms with Crippen LogP contribution in [0.2, 0.25) is 0 Å². The Labute approximate surface area is 190 Å². The van der Waals surface area contributed by atoms with E-state index in [1.54, 1.807) is 25.6 Å². The van der Waals surface area contributed by atoms with Gasteiger partial charge < -0.3 is 10.1 Å². The maximum absolute atomic E-state index is 12.8. The summed E-state index contributed by atoms with van der Waals surface area (Å²) in [5.41, 5.74) is 2.73. The number of carbonyl (C=O) groups excluding carboxylic acids is 1. The highest BCUT2D eigenvalue weighted by Gasteiger charge is 2.21. The van der Waals surface area contributed by atoms with Gasteiger partial charge in [-0.1, -0.05) is 48.2 Å². The summed E-state index contributed by atoms with van der Waals surface area (Å²) in [7, 11) is 1.60. The van der Waals surface area contributed by atoms with Crippen LogP contribution in [0.5, 0.6) is 5.75 Å². The molecule has 8 heteroatoms. The van der Waals surface area contributed by atoms with Crippen LogP contribution in [0.15, 0.2) is 84.3 Å². The summed E-state index contributed by atoms with van der Waals surface area (Å²) in [5.74, 6) is 1.30. The summed E-state index contributed by atoms with van der Waals surface area (Å²) in [5, 5.41) is 12.0. The van der Waals surface area contributed by atoms with E-state index in [4.69, 9.17) is 4.74 Å². The fourth-order valence-corrected chi connectivity index (χ4v) is 4.00. The highest BCUT2D eigenvalue weighted by Crippen LogP contribution is 2.28. The number of nitrogens with zero attached hydrogens (tertiary/aromatic N) is 4. The van der Waals surface area contributed by atoms with Crippen molar-refractivity contribution in [3.63, 3.8) is 0 Å². The van der Waals surface area contributed by atoms with Crippen LogP contribution < -0.4 is 10.1 Å². The Balaban J connectivity index is 1.57. The Bertz CT molecular complexity index is 1180. The molecule has 0 fully saturated rings. The van der Waals surface area contributed by atoms with E-state index in [1.165, 1.54) is 11.8 Å². The summed E-state index contributed by atoms with van der Waals surface area (Å²) in [6.07, 6.45) is 3.46. The minimum atomic E-state index is -0.384. The van der Waals surface area contributed by atoms with Crippen molar-refractivity contribution in [3.8, 4) is 17.1 Å². The molecule has 4 rings (SSSR count). The van der Waals surface area contributed by atoms with Crippen molar-refractivity contribution in [3.05, 3.63) is 84.7 Å². The Morgan fingerprint density at radius 2 is 1.84 bits per heavy atom. The van der Waals surface area contributed by atoms with Gasteiger partial charge >= 0.3 is 0 Å². The number of hydrogen-bond acceptors (Lipinski definition) is 6. The van der Waals surface area contributed by atoms with Gasteiger partial charge in [0.25, 0.3) is 0 Å². The van der Waals surface area contributed by atoms with Crippen molar-refractivity contribution in [2.75, 3.05) is 12.4 Å². The minimum Gasteiger partial charge on any atom is -0.497 e. The molecule has 7 nitrogen and oxygen atoms in total. The zero-order valence-electron chi connectivity index (χ0n) is 17.8. The average Bonchev–Trinajstić information content (AvgIpc) is 3.22. The largest absolute Gasteiger partial charge is 0.497 e. The standard InChI is InChI=1S/C24H23N5O2S/c1-17(23(30)26-20-9-6-10-21(15-20)31-2)32-24-28-27-22(19-11-13-25-14-12-19)29(24)16-18-7-4-3-5-8-18/h3-15,17H,16H2,1-2H3,(H,26,30)/t17-/m0/s1. The van der Waals surface area contributed by atoms with Gasteiger partial charge in [0.1, 0.15) is 5.75 Å². The second-order valence-corrected chi connectivity index (χ2v) is 8.40. The SMILES string of the molecule is COc1cccc(NC(=O)[C@H](C)Sc2nnc(-c3ccncc3)n2Cc2ccccc2)c1. The molecule has 0 unspecified atom stereocenters. The molecular formula is C24H23N5O2S. The van der Waals surface area contributed by atoms with Gasteiger partial charge in [0.05, 0.1) is 18.9 Å².